The molecule has 0 aliphatic carbocycles. The summed E-state index contributed by atoms with van der Waals surface area (Å²) in [7, 11) is -0.678. The van der Waals surface area contributed by atoms with Gasteiger partial charge in [-0.25, -0.2) is 13.2 Å². The number of allylic oxidation sites excluding steroid dienone is 1. The number of rotatable bonds is 7. The number of ether oxygens (including phenoxy) is 1. The van der Waals surface area contributed by atoms with Crippen molar-refractivity contribution in [1.29, 1.82) is 0 Å². The molecule has 3 aromatic carbocycles. The number of halogens is 1. The number of carbonyl (C=O) groups is 2. The van der Waals surface area contributed by atoms with Crippen LogP contribution in [-0.4, -0.2) is 40.9 Å². The summed E-state index contributed by atoms with van der Waals surface area (Å²) >= 11 is 6.00. The molecule has 1 aliphatic rings. The second-order valence-corrected chi connectivity index (χ2v) is 11.7. The Labute approximate surface area is 222 Å². The number of likely N-dealkylation sites (N-methyl/N-ethyl adjacent to an activating group) is 1. The zero-order valence-electron chi connectivity index (χ0n) is 20.9. The molecule has 7 nitrogen and oxygen atoms in total. The van der Waals surface area contributed by atoms with E-state index in [1.165, 1.54) is 43.5 Å². The van der Waals surface area contributed by atoms with Crippen LogP contribution in [-0.2, 0) is 25.0 Å². The zero-order valence-corrected chi connectivity index (χ0v) is 22.5. The number of hydrogen-bond acceptors (Lipinski definition) is 6. The van der Waals surface area contributed by atoms with Crippen LogP contribution < -0.4 is 9.21 Å². The van der Waals surface area contributed by atoms with Crippen molar-refractivity contribution in [2.45, 2.75) is 24.2 Å². The Morgan fingerprint density at radius 3 is 2.43 bits per heavy atom. The maximum absolute atomic E-state index is 13.1. The summed E-state index contributed by atoms with van der Waals surface area (Å²) < 4.78 is 32.6. The fourth-order valence-corrected chi connectivity index (χ4v) is 5.84. The molecule has 0 spiro atoms. The first kappa shape index (κ1) is 26.4. The lowest BCUT2D eigenvalue weighted by molar-refractivity contribution is -0.117. The van der Waals surface area contributed by atoms with E-state index in [1.54, 1.807) is 18.2 Å². The fourth-order valence-electron chi connectivity index (χ4n) is 4.43. The van der Waals surface area contributed by atoms with Gasteiger partial charge in [-0.15, -0.1) is 0 Å². The highest BCUT2D eigenvalue weighted by molar-refractivity contribution is 7.92. The van der Waals surface area contributed by atoms with Crippen LogP contribution in [0.3, 0.4) is 0 Å². The van der Waals surface area contributed by atoms with Crippen LogP contribution in [0.15, 0.2) is 89.5 Å². The summed E-state index contributed by atoms with van der Waals surface area (Å²) in [6.45, 7) is 3.60. The van der Waals surface area contributed by atoms with Crippen molar-refractivity contribution in [2.75, 3.05) is 29.9 Å². The van der Waals surface area contributed by atoms with Gasteiger partial charge in [0.05, 0.1) is 16.1 Å². The molecule has 0 fully saturated rings. The van der Waals surface area contributed by atoms with Gasteiger partial charge in [0, 0.05) is 42.0 Å². The van der Waals surface area contributed by atoms with Crippen LogP contribution in [0.25, 0.3) is 0 Å². The number of anilines is 2. The second kappa shape index (κ2) is 10.0. The number of ketones is 1. The Morgan fingerprint density at radius 2 is 1.73 bits per heavy atom. The van der Waals surface area contributed by atoms with Crippen molar-refractivity contribution in [3.05, 3.63) is 101 Å². The van der Waals surface area contributed by atoms with Crippen LogP contribution in [0, 0.1) is 0 Å². The molecule has 9 heteroatoms. The van der Waals surface area contributed by atoms with Gasteiger partial charge in [0.25, 0.3) is 10.0 Å². The number of fused-ring (bicyclic) bond motifs is 1. The standard InChI is InChI=1S/C28H27ClN2O5S/c1-28(2)24-13-5-6-14-25(24)30(3)26(28)17-22(32)18-36-27(33)19-9-7-12-23(15-19)37(34,35)31(4)21-11-8-10-20(29)16-21/h5-17H,18H2,1-4H3. The number of carbonyl (C=O) groups excluding carboxylic acids is 2. The molecule has 37 heavy (non-hydrogen) atoms. The lowest BCUT2D eigenvalue weighted by atomic mass is 9.83. The molecule has 0 radical (unpaired) electrons. The van der Waals surface area contributed by atoms with E-state index >= 15 is 0 Å². The smallest absolute Gasteiger partial charge is 0.338 e. The Hall–Kier alpha value is -3.62. The molecule has 0 amide bonds. The highest BCUT2D eigenvalue weighted by Crippen LogP contribution is 2.46. The highest BCUT2D eigenvalue weighted by atomic mass is 35.5. The maximum Gasteiger partial charge on any atom is 0.338 e. The van der Waals surface area contributed by atoms with Crippen LogP contribution in [0.2, 0.25) is 5.02 Å². The largest absolute Gasteiger partial charge is 0.454 e. The molecule has 3 aromatic rings. The van der Waals surface area contributed by atoms with Gasteiger partial charge in [-0.1, -0.05) is 55.8 Å². The van der Waals surface area contributed by atoms with Gasteiger partial charge in [-0.2, -0.15) is 0 Å². The molecule has 0 aromatic heterocycles. The van der Waals surface area contributed by atoms with E-state index in [2.05, 4.69) is 0 Å². The zero-order chi connectivity index (χ0) is 27.0. The van der Waals surface area contributed by atoms with Gasteiger partial charge in [-0.3, -0.25) is 9.10 Å². The number of benzene rings is 3. The molecular formula is C28H27ClN2O5S. The number of esters is 1. The van der Waals surface area contributed by atoms with E-state index in [4.69, 9.17) is 16.3 Å². The summed E-state index contributed by atoms with van der Waals surface area (Å²) in [5.74, 6) is -1.17. The number of hydrogen-bond donors (Lipinski definition) is 0. The average molecular weight is 539 g/mol. The molecule has 0 unspecified atom stereocenters. The third-order valence-electron chi connectivity index (χ3n) is 6.48. The predicted molar refractivity (Wildman–Crippen MR) is 145 cm³/mol. The number of sulfonamides is 1. The van der Waals surface area contributed by atoms with Crippen LogP contribution in [0.5, 0.6) is 0 Å². The van der Waals surface area contributed by atoms with E-state index in [9.17, 15) is 18.0 Å². The average Bonchev–Trinajstić information content (AvgIpc) is 3.07. The van der Waals surface area contributed by atoms with Gasteiger partial charge in [-0.05, 0) is 48.0 Å². The molecule has 0 saturated carbocycles. The fraction of sp³-hybridized carbons (Fsp3) is 0.214. The Bertz CT molecular complexity index is 1510. The van der Waals surface area contributed by atoms with Crippen molar-refractivity contribution in [2.24, 2.45) is 0 Å². The first-order chi connectivity index (χ1) is 17.4. The van der Waals surface area contributed by atoms with Gasteiger partial charge < -0.3 is 9.64 Å². The van der Waals surface area contributed by atoms with Crippen molar-refractivity contribution < 1.29 is 22.7 Å². The molecule has 0 N–H and O–H groups in total. The molecule has 1 aliphatic heterocycles. The van der Waals surface area contributed by atoms with Gasteiger partial charge in [0.15, 0.2) is 12.4 Å². The molecule has 1 heterocycles. The third-order valence-corrected chi connectivity index (χ3v) is 8.50. The van der Waals surface area contributed by atoms with Crippen molar-refractivity contribution in [3.8, 4) is 0 Å². The Kier molecular flexibility index (Phi) is 7.17. The normalized spacial score (nSPS) is 15.4. The minimum absolute atomic E-state index is 0.0201. The Balaban J connectivity index is 1.47. The van der Waals surface area contributed by atoms with Gasteiger partial charge in [0.2, 0.25) is 0 Å². The van der Waals surface area contributed by atoms with E-state index in [0.29, 0.717) is 10.7 Å². The van der Waals surface area contributed by atoms with E-state index in [-0.39, 0.29) is 21.7 Å². The first-order valence-corrected chi connectivity index (χ1v) is 13.3. The topological polar surface area (TPSA) is 84.0 Å². The third kappa shape index (κ3) is 5.12. The van der Waals surface area contributed by atoms with Crippen molar-refractivity contribution >= 4 is 44.8 Å². The maximum atomic E-state index is 13.1. The first-order valence-electron chi connectivity index (χ1n) is 11.5. The second-order valence-electron chi connectivity index (χ2n) is 9.25. The lowest BCUT2D eigenvalue weighted by Crippen LogP contribution is -2.27. The summed E-state index contributed by atoms with van der Waals surface area (Å²) in [5.41, 5.74) is 2.93. The van der Waals surface area contributed by atoms with Crippen LogP contribution in [0.4, 0.5) is 11.4 Å². The predicted octanol–water partition coefficient (Wildman–Crippen LogP) is 5.20. The molecule has 4 rings (SSSR count). The van der Waals surface area contributed by atoms with E-state index in [0.717, 1.165) is 21.3 Å². The van der Waals surface area contributed by atoms with Crippen LogP contribution in [0.1, 0.15) is 29.8 Å². The number of nitrogens with zero attached hydrogens (tertiary/aromatic N) is 2. The van der Waals surface area contributed by atoms with Gasteiger partial charge in [0.1, 0.15) is 0 Å². The van der Waals surface area contributed by atoms with E-state index in [1.807, 2.05) is 50.1 Å². The monoisotopic (exact) mass is 538 g/mol. The molecule has 0 bridgehead atoms. The minimum Gasteiger partial charge on any atom is -0.454 e. The lowest BCUT2D eigenvalue weighted by Gasteiger charge is -2.23. The van der Waals surface area contributed by atoms with E-state index < -0.39 is 22.6 Å². The molecular weight excluding hydrogens is 512 g/mol. The minimum atomic E-state index is -3.97. The van der Waals surface area contributed by atoms with Gasteiger partial charge >= 0.3 is 5.97 Å². The van der Waals surface area contributed by atoms with Crippen molar-refractivity contribution in [1.82, 2.24) is 0 Å². The Morgan fingerprint density at radius 1 is 1.03 bits per heavy atom. The van der Waals surface area contributed by atoms with Crippen LogP contribution >= 0.6 is 11.6 Å². The summed E-state index contributed by atoms with van der Waals surface area (Å²) in [6, 6.07) is 19.9. The quantitative estimate of drug-likeness (QED) is 0.303. The highest BCUT2D eigenvalue weighted by Gasteiger charge is 2.38. The molecule has 192 valence electrons. The SMILES string of the molecule is CN1C(=CC(=O)COC(=O)c2cccc(S(=O)(=O)N(C)c3cccc(Cl)c3)c2)C(C)(C)c2ccccc21. The molecule has 0 atom stereocenters. The summed E-state index contributed by atoms with van der Waals surface area (Å²) in [6.07, 6.45) is 1.49. The summed E-state index contributed by atoms with van der Waals surface area (Å²) in [5, 5.41) is 0.396. The summed E-state index contributed by atoms with van der Waals surface area (Å²) in [4.78, 5) is 27.3. The number of para-hydroxylation sites is 1. The molecule has 0 saturated heterocycles. The van der Waals surface area contributed by atoms with Crippen molar-refractivity contribution in [3.63, 3.8) is 0 Å².